The number of nitrogens with zero attached hydrogens (tertiary/aromatic N) is 2. The van der Waals surface area contributed by atoms with E-state index in [-0.39, 0.29) is 11.6 Å². The molecule has 1 aromatic heterocycles. The third-order valence-corrected chi connectivity index (χ3v) is 4.81. The SMILES string of the molecule is Cc1nc(=O)[nH]c(C)c1CCC(=O)N1CCC2CNCC21. The van der Waals surface area contributed by atoms with Crippen molar-refractivity contribution in [1.29, 1.82) is 0 Å². The molecule has 21 heavy (non-hydrogen) atoms. The largest absolute Gasteiger partial charge is 0.345 e. The lowest BCUT2D eigenvalue weighted by Crippen LogP contribution is -2.39. The Morgan fingerprint density at radius 3 is 2.95 bits per heavy atom. The van der Waals surface area contributed by atoms with E-state index in [4.69, 9.17) is 0 Å². The Kier molecular flexibility index (Phi) is 3.80. The van der Waals surface area contributed by atoms with Gasteiger partial charge in [-0.15, -0.1) is 0 Å². The summed E-state index contributed by atoms with van der Waals surface area (Å²) < 4.78 is 0. The van der Waals surface area contributed by atoms with Crippen LogP contribution in [0.2, 0.25) is 0 Å². The third kappa shape index (κ3) is 2.72. The van der Waals surface area contributed by atoms with Crippen LogP contribution in [0.1, 0.15) is 29.8 Å². The molecule has 0 bridgehead atoms. The number of fused-ring (bicyclic) bond motifs is 1. The fourth-order valence-corrected chi connectivity index (χ4v) is 3.66. The lowest BCUT2D eigenvalue weighted by atomic mass is 10.0. The van der Waals surface area contributed by atoms with E-state index >= 15 is 0 Å². The van der Waals surface area contributed by atoms with Gasteiger partial charge in [-0.1, -0.05) is 0 Å². The highest BCUT2D eigenvalue weighted by atomic mass is 16.2. The van der Waals surface area contributed by atoms with Gasteiger partial charge < -0.3 is 15.2 Å². The van der Waals surface area contributed by atoms with Crippen molar-refractivity contribution in [2.24, 2.45) is 5.92 Å². The average molecular weight is 290 g/mol. The summed E-state index contributed by atoms with van der Waals surface area (Å²) >= 11 is 0. The zero-order chi connectivity index (χ0) is 15.0. The molecule has 2 aliphatic heterocycles. The van der Waals surface area contributed by atoms with Gasteiger partial charge >= 0.3 is 5.69 Å². The fourth-order valence-electron chi connectivity index (χ4n) is 3.66. The molecule has 6 heteroatoms. The molecule has 0 radical (unpaired) electrons. The lowest BCUT2D eigenvalue weighted by Gasteiger charge is -2.23. The van der Waals surface area contributed by atoms with Crippen molar-refractivity contribution >= 4 is 5.91 Å². The van der Waals surface area contributed by atoms with Crippen LogP contribution in [0.15, 0.2) is 4.79 Å². The summed E-state index contributed by atoms with van der Waals surface area (Å²) in [5.74, 6) is 0.850. The minimum absolute atomic E-state index is 0.219. The molecule has 0 saturated carbocycles. The van der Waals surface area contributed by atoms with Crippen molar-refractivity contribution in [3.8, 4) is 0 Å². The van der Waals surface area contributed by atoms with E-state index in [2.05, 4.69) is 15.3 Å². The molecule has 2 saturated heterocycles. The van der Waals surface area contributed by atoms with Gasteiger partial charge in [0.1, 0.15) is 0 Å². The van der Waals surface area contributed by atoms with Crippen LogP contribution in [-0.2, 0) is 11.2 Å². The molecule has 0 aromatic carbocycles. The number of aromatic nitrogens is 2. The quantitative estimate of drug-likeness (QED) is 0.830. The van der Waals surface area contributed by atoms with Gasteiger partial charge in [0, 0.05) is 43.5 Å². The maximum atomic E-state index is 12.5. The van der Waals surface area contributed by atoms with Crippen LogP contribution in [0, 0.1) is 19.8 Å². The number of hydrogen-bond acceptors (Lipinski definition) is 4. The maximum absolute atomic E-state index is 12.5. The van der Waals surface area contributed by atoms with Gasteiger partial charge in [0.05, 0.1) is 0 Å². The van der Waals surface area contributed by atoms with Gasteiger partial charge in [-0.3, -0.25) is 4.79 Å². The topological polar surface area (TPSA) is 78.1 Å². The maximum Gasteiger partial charge on any atom is 0.345 e. The highest BCUT2D eigenvalue weighted by Crippen LogP contribution is 2.27. The Hall–Kier alpha value is -1.69. The van der Waals surface area contributed by atoms with Crippen molar-refractivity contribution in [3.05, 3.63) is 27.4 Å². The number of amides is 1. The van der Waals surface area contributed by atoms with Gasteiger partial charge in [0.25, 0.3) is 0 Å². The molecule has 3 heterocycles. The number of carbonyl (C=O) groups is 1. The highest BCUT2D eigenvalue weighted by molar-refractivity contribution is 5.77. The summed E-state index contributed by atoms with van der Waals surface area (Å²) in [6, 6.07) is 0.383. The Morgan fingerprint density at radius 1 is 1.38 bits per heavy atom. The second-order valence-corrected chi connectivity index (χ2v) is 6.09. The van der Waals surface area contributed by atoms with Crippen LogP contribution in [-0.4, -0.2) is 46.5 Å². The third-order valence-electron chi connectivity index (χ3n) is 4.81. The summed E-state index contributed by atoms with van der Waals surface area (Å²) in [6.45, 7) is 6.54. The first kappa shape index (κ1) is 14.3. The zero-order valence-corrected chi connectivity index (χ0v) is 12.6. The first-order valence-electron chi connectivity index (χ1n) is 7.63. The molecule has 2 aliphatic rings. The fraction of sp³-hybridized carbons (Fsp3) is 0.667. The summed E-state index contributed by atoms with van der Waals surface area (Å²) in [7, 11) is 0. The number of carbonyl (C=O) groups excluding carboxylic acids is 1. The van der Waals surface area contributed by atoms with Crippen LogP contribution in [0.5, 0.6) is 0 Å². The summed E-state index contributed by atoms with van der Waals surface area (Å²) in [5.41, 5.74) is 2.22. The molecule has 2 atom stereocenters. The van der Waals surface area contributed by atoms with Crippen LogP contribution in [0.25, 0.3) is 0 Å². The standard InChI is InChI=1S/C15H22N4O2/c1-9-12(10(2)18-15(21)17-9)3-4-14(20)19-6-5-11-7-16-8-13(11)19/h11,13,16H,3-8H2,1-2H3,(H,17,18,21). The van der Waals surface area contributed by atoms with Crippen LogP contribution >= 0.6 is 0 Å². The molecular weight excluding hydrogens is 268 g/mol. The predicted octanol–water partition coefficient (Wildman–Crippen LogP) is 0.140. The highest BCUT2D eigenvalue weighted by Gasteiger charge is 2.39. The van der Waals surface area contributed by atoms with Crippen LogP contribution in [0.4, 0.5) is 0 Å². The number of likely N-dealkylation sites (tertiary alicyclic amines) is 1. The van der Waals surface area contributed by atoms with E-state index in [0.717, 1.165) is 43.0 Å². The van der Waals surface area contributed by atoms with Gasteiger partial charge in [0.15, 0.2) is 0 Å². The second-order valence-electron chi connectivity index (χ2n) is 6.09. The predicted molar refractivity (Wildman–Crippen MR) is 79.1 cm³/mol. The number of aryl methyl sites for hydroxylation is 2. The normalized spacial score (nSPS) is 24.4. The first-order chi connectivity index (χ1) is 10.1. The van der Waals surface area contributed by atoms with E-state index in [1.165, 1.54) is 0 Å². The lowest BCUT2D eigenvalue weighted by molar-refractivity contribution is -0.131. The van der Waals surface area contributed by atoms with Crippen LogP contribution in [0.3, 0.4) is 0 Å². The van der Waals surface area contributed by atoms with Crippen LogP contribution < -0.4 is 11.0 Å². The number of hydrogen-bond donors (Lipinski definition) is 2. The molecule has 1 aromatic rings. The number of H-pyrrole nitrogens is 1. The first-order valence-corrected chi connectivity index (χ1v) is 7.63. The monoisotopic (exact) mass is 290 g/mol. The smallest absolute Gasteiger partial charge is 0.338 e. The molecule has 3 rings (SSSR count). The van der Waals surface area contributed by atoms with Crippen molar-refractivity contribution < 1.29 is 4.79 Å². The minimum Gasteiger partial charge on any atom is -0.338 e. The average Bonchev–Trinajstić information content (AvgIpc) is 2.99. The van der Waals surface area contributed by atoms with E-state index in [0.29, 0.717) is 24.8 Å². The molecule has 6 nitrogen and oxygen atoms in total. The Balaban J connectivity index is 1.65. The van der Waals surface area contributed by atoms with E-state index in [9.17, 15) is 9.59 Å². The molecule has 114 valence electrons. The van der Waals surface area contributed by atoms with Gasteiger partial charge in [-0.2, -0.15) is 4.98 Å². The van der Waals surface area contributed by atoms with Crippen molar-refractivity contribution in [2.45, 2.75) is 39.2 Å². The Labute approximate surface area is 124 Å². The molecule has 1 amide bonds. The second kappa shape index (κ2) is 5.60. The molecule has 2 N–H and O–H groups in total. The van der Waals surface area contributed by atoms with Gasteiger partial charge in [0.2, 0.25) is 5.91 Å². The van der Waals surface area contributed by atoms with Crippen molar-refractivity contribution in [3.63, 3.8) is 0 Å². The molecule has 2 fully saturated rings. The molecule has 0 aliphatic carbocycles. The molecule has 2 unspecified atom stereocenters. The number of rotatable bonds is 3. The summed E-state index contributed by atoms with van der Waals surface area (Å²) in [4.78, 5) is 32.4. The molecular formula is C15H22N4O2. The van der Waals surface area contributed by atoms with Crippen molar-refractivity contribution in [2.75, 3.05) is 19.6 Å². The Bertz CT molecular complexity index is 584. The van der Waals surface area contributed by atoms with Gasteiger partial charge in [-0.05, 0) is 38.2 Å². The van der Waals surface area contributed by atoms with E-state index in [1.807, 2.05) is 18.7 Å². The van der Waals surface area contributed by atoms with E-state index in [1.54, 1.807) is 0 Å². The summed E-state index contributed by atoms with van der Waals surface area (Å²) in [5, 5.41) is 3.36. The Morgan fingerprint density at radius 2 is 2.19 bits per heavy atom. The summed E-state index contributed by atoms with van der Waals surface area (Å²) in [6.07, 6.45) is 2.24. The van der Waals surface area contributed by atoms with Gasteiger partial charge in [-0.25, -0.2) is 4.79 Å². The molecule has 0 spiro atoms. The van der Waals surface area contributed by atoms with E-state index < -0.39 is 0 Å². The number of aromatic amines is 1. The number of nitrogens with one attached hydrogen (secondary N) is 2. The zero-order valence-electron chi connectivity index (χ0n) is 12.6. The minimum atomic E-state index is -0.320. The van der Waals surface area contributed by atoms with Crippen molar-refractivity contribution in [1.82, 2.24) is 20.2 Å².